The molecular formula is C28H33N5O4. The van der Waals surface area contributed by atoms with Crippen molar-refractivity contribution in [2.75, 3.05) is 51.3 Å². The summed E-state index contributed by atoms with van der Waals surface area (Å²) >= 11 is 0. The fourth-order valence-electron chi connectivity index (χ4n) is 5.27. The number of β-amino-alcohol motifs (C(OH)–C–C–N with tert-alkyl or cyclic N) is 1. The molecule has 194 valence electrons. The molecule has 5 rings (SSSR count). The van der Waals surface area contributed by atoms with Crippen molar-refractivity contribution in [3.05, 3.63) is 60.0 Å². The van der Waals surface area contributed by atoms with Crippen molar-refractivity contribution < 1.29 is 19.4 Å². The Morgan fingerprint density at radius 2 is 2.03 bits per heavy atom. The smallest absolute Gasteiger partial charge is 0.253 e. The highest BCUT2D eigenvalue weighted by atomic mass is 16.5. The highest BCUT2D eigenvalue weighted by Crippen LogP contribution is 2.32. The molecule has 2 aliphatic rings. The van der Waals surface area contributed by atoms with Crippen LogP contribution in [0, 0.1) is 6.92 Å². The van der Waals surface area contributed by atoms with E-state index in [1.807, 2.05) is 30.2 Å². The largest absolute Gasteiger partial charge is 0.492 e. The summed E-state index contributed by atoms with van der Waals surface area (Å²) in [5.74, 6) is 0.682. The van der Waals surface area contributed by atoms with Crippen molar-refractivity contribution >= 4 is 28.4 Å². The molecule has 2 aromatic heterocycles. The van der Waals surface area contributed by atoms with Crippen molar-refractivity contribution in [3.8, 4) is 5.75 Å². The molecular weight excluding hydrogens is 470 g/mol. The van der Waals surface area contributed by atoms with Crippen LogP contribution < -0.4 is 9.64 Å². The normalized spacial score (nSPS) is 19.6. The molecule has 9 heteroatoms. The predicted octanol–water partition coefficient (Wildman–Crippen LogP) is 2.65. The van der Waals surface area contributed by atoms with Crippen LogP contribution in [0.25, 0.3) is 10.9 Å². The second kappa shape index (κ2) is 10.3. The zero-order chi connectivity index (χ0) is 26.0. The Labute approximate surface area is 216 Å². The van der Waals surface area contributed by atoms with Crippen molar-refractivity contribution in [3.63, 3.8) is 0 Å². The number of pyridine rings is 2. The summed E-state index contributed by atoms with van der Waals surface area (Å²) in [4.78, 5) is 39.2. The molecule has 1 N–H and O–H groups in total. The summed E-state index contributed by atoms with van der Waals surface area (Å²) < 4.78 is 5.75. The number of carbonyl (C=O) groups is 2. The standard InChI is InChI=1S/C28H33N5O4/c1-20-16-25(23-17-29-11-9-24(23)30-20)33-13-10-28(36,19-33)18-31(2)27(35)21-5-7-22(8-6-21)37-15-14-32-12-3-4-26(32)34/h5-9,11,16-17,36H,3-4,10,12-15,18-19H2,1-2H3/t28-/m1/s1. The Balaban J connectivity index is 1.18. The lowest BCUT2D eigenvalue weighted by atomic mass is 10.0. The molecule has 37 heavy (non-hydrogen) atoms. The molecule has 0 radical (unpaired) electrons. The molecule has 0 bridgehead atoms. The maximum atomic E-state index is 13.1. The number of benzene rings is 1. The van der Waals surface area contributed by atoms with Gasteiger partial charge in [-0.15, -0.1) is 0 Å². The number of carbonyl (C=O) groups excluding carboxylic acids is 2. The monoisotopic (exact) mass is 503 g/mol. The van der Waals surface area contributed by atoms with Gasteiger partial charge in [-0.1, -0.05) is 0 Å². The first-order valence-electron chi connectivity index (χ1n) is 12.8. The zero-order valence-electron chi connectivity index (χ0n) is 21.4. The number of nitrogens with zero attached hydrogens (tertiary/aromatic N) is 5. The van der Waals surface area contributed by atoms with Gasteiger partial charge in [0.25, 0.3) is 5.91 Å². The lowest BCUT2D eigenvalue weighted by Crippen LogP contribution is -2.45. The lowest BCUT2D eigenvalue weighted by Gasteiger charge is -2.30. The van der Waals surface area contributed by atoms with E-state index in [-0.39, 0.29) is 18.4 Å². The average Bonchev–Trinajstić information content (AvgIpc) is 3.48. The fourth-order valence-corrected chi connectivity index (χ4v) is 5.27. The number of hydrogen-bond acceptors (Lipinski definition) is 7. The highest BCUT2D eigenvalue weighted by Gasteiger charge is 2.38. The zero-order valence-corrected chi connectivity index (χ0v) is 21.4. The van der Waals surface area contributed by atoms with Crippen LogP contribution in [0.1, 0.15) is 35.3 Å². The van der Waals surface area contributed by atoms with Crippen molar-refractivity contribution in [2.24, 2.45) is 0 Å². The Hall–Kier alpha value is -3.72. The third-order valence-electron chi connectivity index (χ3n) is 7.17. The van der Waals surface area contributed by atoms with E-state index in [1.54, 1.807) is 42.4 Å². The van der Waals surface area contributed by atoms with E-state index in [0.29, 0.717) is 50.4 Å². The summed E-state index contributed by atoms with van der Waals surface area (Å²) in [6.07, 6.45) is 5.63. The van der Waals surface area contributed by atoms with Gasteiger partial charge in [-0.2, -0.15) is 0 Å². The second-order valence-corrected chi connectivity index (χ2v) is 10.1. The fraction of sp³-hybridized carbons (Fsp3) is 0.429. The number of fused-ring (bicyclic) bond motifs is 1. The van der Waals surface area contributed by atoms with Crippen molar-refractivity contribution in [1.82, 2.24) is 19.8 Å². The van der Waals surface area contributed by atoms with Crippen molar-refractivity contribution in [1.29, 1.82) is 0 Å². The summed E-state index contributed by atoms with van der Waals surface area (Å²) in [5.41, 5.74) is 2.31. The number of likely N-dealkylation sites (tertiary alicyclic amines) is 1. The number of ether oxygens (including phenoxy) is 1. The van der Waals surface area contributed by atoms with Crippen LogP contribution in [0.15, 0.2) is 48.8 Å². The molecule has 0 spiro atoms. The average molecular weight is 504 g/mol. The first-order chi connectivity index (χ1) is 17.8. The molecule has 0 aliphatic carbocycles. The number of anilines is 1. The van der Waals surface area contributed by atoms with Gasteiger partial charge in [0.15, 0.2) is 0 Å². The van der Waals surface area contributed by atoms with Crippen LogP contribution in [-0.4, -0.2) is 88.7 Å². The molecule has 0 saturated carbocycles. The quantitative estimate of drug-likeness (QED) is 0.505. The van der Waals surface area contributed by atoms with Crippen LogP contribution in [0.2, 0.25) is 0 Å². The first kappa shape index (κ1) is 25.0. The van der Waals surface area contributed by atoms with Gasteiger partial charge in [-0.25, -0.2) is 0 Å². The molecule has 1 aromatic carbocycles. The molecule has 2 fully saturated rings. The minimum Gasteiger partial charge on any atom is -0.492 e. The lowest BCUT2D eigenvalue weighted by molar-refractivity contribution is -0.128. The van der Waals surface area contributed by atoms with E-state index >= 15 is 0 Å². The Kier molecular flexibility index (Phi) is 6.97. The van der Waals surface area contributed by atoms with Crippen LogP contribution in [-0.2, 0) is 4.79 Å². The summed E-state index contributed by atoms with van der Waals surface area (Å²) in [6.45, 7) is 5.08. The Morgan fingerprint density at radius 1 is 1.22 bits per heavy atom. The molecule has 3 aromatic rings. The molecule has 2 aliphatic heterocycles. The minimum absolute atomic E-state index is 0.157. The highest BCUT2D eigenvalue weighted by molar-refractivity contribution is 5.94. The van der Waals surface area contributed by atoms with E-state index in [1.165, 1.54) is 0 Å². The number of rotatable bonds is 8. The van der Waals surface area contributed by atoms with Gasteiger partial charge in [0.05, 0.1) is 18.6 Å². The van der Waals surface area contributed by atoms with E-state index in [0.717, 1.165) is 35.2 Å². The number of aromatic nitrogens is 2. The van der Waals surface area contributed by atoms with Crippen molar-refractivity contribution in [2.45, 2.75) is 31.8 Å². The van der Waals surface area contributed by atoms with Gasteiger partial charge in [0, 0.05) is 67.8 Å². The van der Waals surface area contributed by atoms with E-state index < -0.39 is 5.60 Å². The molecule has 2 amide bonds. The van der Waals surface area contributed by atoms with Gasteiger partial charge in [0.1, 0.15) is 18.0 Å². The van der Waals surface area contributed by atoms with Crippen LogP contribution >= 0.6 is 0 Å². The number of likely N-dealkylation sites (N-methyl/N-ethyl adjacent to an activating group) is 1. The third kappa shape index (κ3) is 5.51. The molecule has 0 unspecified atom stereocenters. The van der Waals surface area contributed by atoms with Gasteiger partial charge in [0.2, 0.25) is 5.91 Å². The maximum absolute atomic E-state index is 13.1. The first-order valence-corrected chi connectivity index (χ1v) is 12.8. The minimum atomic E-state index is -1.02. The number of aryl methyl sites for hydroxylation is 1. The van der Waals surface area contributed by atoms with Crippen LogP contribution in [0.5, 0.6) is 5.75 Å². The second-order valence-electron chi connectivity index (χ2n) is 10.1. The topological polar surface area (TPSA) is 99.1 Å². The Morgan fingerprint density at radius 3 is 2.78 bits per heavy atom. The number of aliphatic hydroxyl groups is 1. The summed E-state index contributed by atoms with van der Waals surface area (Å²) in [7, 11) is 1.72. The van der Waals surface area contributed by atoms with Gasteiger partial charge in [-0.3, -0.25) is 19.6 Å². The summed E-state index contributed by atoms with van der Waals surface area (Å²) in [5, 5.41) is 12.3. The molecule has 9 nitrogen and oxygen atoms in total. The van der Waals surface area contributed by atoms with E-state index in [4.69, 9.17) is 4.74 Å². The molecule has 2 saturated heterocycles. The third-order valence-corrected chi connectivity index (χ3v) is 7.17. The van der Waals surface area contributed by atoms with Crippen LogP contribution in [0.4, 0.5) is 5.69 Å². The van der Waals surface area contributed by atoms with Gasteiger partial charge < -0.3 is 24.5 Å². The predicted molar refractivity (Wildman–Crippen MR) is 141 cm³/mol. The number of hydrogen-bond donors (Lipinski definition) is 1. The maximum Gasteiger partial charge on any atom is 0.253 e. The molecule has 4 heterocycles. The van der Waals surface area contributed by atoms with Crippen LogP contribution in [0.3, 0.4) is 0 Å². The van der Waals surface area contributed by atoms with Gasteiger partial charge >= 0.3 is 0 Å². The van der Waals surface area contributed by atoms with E-state index in [2.05, 4.69) is 14.9 Å². The molecule has 1 atom stereocenters. The summed E-state index contributed by atoms with van der Waals surface area (Å²) in [6, 6.07) is 10.9. The Bertz CT molecular complexity index is 1300. The van der Waals surface area contributed by atoms with Gasteiger partial charge in [-0.05, 0) is 56.2 Å². The SMILES string of the molecule is Cc1cc(N2CC[C@@](O)(CN(C)C(=O)c3ccc(OCCN4CCCC4=O)cc3)C2)c2cnccc2n1. The van der Waals surface area contributed by atoms with E-state index in [9.17, 15) is 14.7 Å². The number of amides is 2.